The minimum Gasteiger partial charge on any atom is -0.439 e. The van der Waals surface area contributed by atoms with Crippen LogP contribution in [0.2, 0.25) is 0 Å². The molecule has 6 nitrogen and oxygen atoms in total. The van der Waals surface area contributed by atoms with Crippen molar-refractivity contribution in [1.82, 2.24) is 9.88 Å². The number of likely N-dealkylation sites (N-methyl/N-ethyl adjacent to an activating group) is 1. The van der Waals surface area contributed by atoms with E-state index in [1.807, 2.05) is 43.3 Å². The van der Waals surface area contributed by atoms with Crippen molar-refractivity contribution in [3.05, 3.63) is 78.0 Å². The zero-order valence-corrected chi connectivity index (χ0v) is 18.2. The largest absolute Gasteiger partial charge is 0.439 e. The van der Waals surface area contributed by atoms with Crippen LogP contribution in [0.1, 0.15) is 22.3 Å². The van der Waals surface area contributed by atoms with E-state index in [0.29, 0.717) is 23.2 Å². The van der Waals surface area contributed by atoms with Crippen LogP contribution in [0.4, 0.5) is 11.4 Å². The molecule has 160 valence electrons. The number of benzene rings is 2. The molecule has 31 heavy (non-hydrogen) atoms. The van der Waals surface area contributed by atoms with E-state index in [0.717, 1.165) is 18.8 Å². The molecule has 1 saturated heterocycles. The molecule has 1 aromatic heterocycles. The second-order valence-corrected chi connectivity index (χ2v) is 8.15. The van der Waals surface area contributed by atoms with Gasteiger partial charge in [0.1, 0.15) is 5.75 Å². The van der Waals surface area contributed by atoms with Gasteiger partial charge in [0.25, 0.3) is 5.91 Å². The molecule has 4 rings (SSSR count). The SMILES string of the molecule is Cc1ccc(Oc2ccc(C(=O)Nc3ccc(N4CCC(N(C)C)C4)cc3)cn2)cc1. The Bertz CT molecular complexity index is 1010. The summed E-state index contributed by atoms with van der Waals surface area (Å²) in [4.78, 5) is 21.5. The van der Waals surface area contributed by atoms with Crippen LogP contribution in [0.25, 0.3) is 0 Å². The molecular weight excluding hydrogens is 388 g/mol. The first kappa shape index (κ1) is 20.9. The number of hydrogen-bond donors (Lipinski definition) is 1. The highest BCUT2D eigenvalue weighted by Crippen LogP contribution is 2.24. The molecule has 0 spiro atoms. The summed E-state index contributed by atoms with van der Waals surface area (Å²) in [5, 5.41) is 2.93. The molecule has 1 N–H and O–H groups in total. The minimum absolute atomic E-state index is 0.198. The van der Waals surface area contributed by atoms with Crippen LogP contribution < -0.4 is 15.0 Å². The monoisotopic (exact) mass is 416 g/mol. The Kier molecular flexibility index (Phi) is 6.18. The fourth-order valence-corrected chi connectivity index (χ4v) is 3.66. The zero-order chi connectivity index (χ0) is 21.8. The Hall–Kier alpha value is -3.38. The lowest BCUT2D eigenvalue weighted by molar-refractivity contribution is 0.102. The van der Waals surface area contributed by atoms with Crippen molar-refractivity contribution in [2.24, 2.45) is 0 Å². The predicted octanol–water partition coefficient (Wildman–Crippen LogP) is 4.57. The topological polar surface area (TPSA) is 57.7 Å². The first-order chi connectivity index (χ1) is 15.0. The van der Waals surface area contributed by atoms with E-state index in [4.69, 9.17) is 4.74 Å². The molecule has 2 aromatic carbocycles. The molecule has 2 heterocycles. The zero-order valence-electron chi connectivity index (χ0n) is 18.2. The number of aromatic nitrogens is 1. The molecule has 1 aliphatic heterocycles. The van der Waals surface area contributed by atoms with Crippen molar-refractivity contribution >= 4 is 17.3 Å². The molecule has 0 saturated carbocycles. The summed E-state index contributed by atoms with van der Waals surface area (Å²) in [6.45, 7) is 4.11. The maximum atomic E-state index is 12.6. The summed E-state index contributed by atoms with van der Waals surface area (Å²) < 4.78 is 5.72. The van der Waals surface area contributed by atoms with Crippen LogP contribution in [0.5, 0.6) is 11.6 Å². The third-order valence-corrected chi connectivity index (χ3v) is 5.63. The van der Waals surface area contributed by atoms with Crippen LogP contribution in [-0.2, 0) is 0 Å². The van der Waals surface area contributed by atoms with Gasteiger partial charge in [-0.05, 0) is 69.9 Å². The highest BCUT2D eigenvalue weighted by Gasteiger charge is 2.24. The molecule has 1 aliphatic rings. The number of rotatable bonds is 6. The van der Waals surface area contributed by atoms with Gasteiger partial charge in [-0.1, -0.05) is 17.7 Å². The number of nitrogens with one attached hydrogen (secondary N) is 1. The van der Waals surface area contributed by atoms with Crippen molar-refractivity contribution in [3.63, 3.8) is 0 Å². The Morgan fingerprint density at radius 3 is 2.42 bits per heavy atom. The first-order valence-corrected chi connectivity index (χ1v) is 10.5. The van der Waals surface area contributed by atoms with Crippen LogP contribution in [0.3, 0.4) is 0 Å². The second-order valence-electron chi connectivity index (χ2n) is 8.15. The van der Waals surface area contributed by atoms with Gasteiger partial charge in [0, 0.05) is 42.8 Å². The number of nitrogens with zero attached hydrogens (tertiary/aromatic N) is 3. The van der Waals surface area contributed by atoms with Gasteiger partial charge < -0.3 is 19.9 Å². The molecular formula is C25H28N4O2. The van der Waals surface area contributed by atoms with Gasteiger partial charge in [-0.3, -0.25) is 4.79 Å². The maximum absolute atomic E-state index is 12.6. The molecule has 1 unspecified atom stereocenters. The normalized spacial score (nSPS) is 15.9. The third-order valence-electron chi connectivity index (χ3n) is 5.63. The molecule has 0 radical (unpaired) electrons. The van der Waals surface area contributed by atoms with Crippen LogP contribution in [-0.4, -0.2) is 49.0 Å². The Balaban J connectivity index is 1.34. The number of aryl methyl sites for hydroxylation is 1. The molecule has 6 heteroatoms. The van der Waals surface area contributed by atoms with E-state index >= 15 is 0 Å². The molecule has 1 atom stereocenters. The summed E-state index contributed by atoms with van der Waals surface area (Å²) in [6.07, 6.45) is 2.70. The van der Waals surface area contributed by atoms with E-state index in [-0.39, 0.29) is 5.91 Å². The number of carbonyl (C=O) groups excluding carboxylic acids is 1. The van der Waals surface area contributed by atoms with Crippen molar-refractivity contribution in [2.75, 3.05) is 37.4 Å². The first-order valence-electron chi connectivity index (χ1n) is 10.5. The molecule has 1 fully saturated rings. The van der Waals surface area contributed by atoms with Gasteiger partial charge in [0.15, 0.2) is 0 Å². The number of ether oxygens (including phenoxy) is 1. The van der Waals surface area contributed by atoms with Gasteiger partial charge in [-0.2, -0.15) is 0 Å². The predicted molar refractivity (Wildman–Crippen MR) is 124 cm³/mol. The third kappa shape index (κ3) is 5.22. The lowest BCUT2D eigenvalue weighted by Gasteiger charge is -2.22. The van der Waals surface area contributed by atoms with E-state index in [1.54, 1.807) is 12.1 Å². The Labute approximate surface area is 183 Å². The van der Waals surface area contributed by atoms with Crippen LogP contribution >= 0.6 is 0 Å². The second kappa shape index (κ2) is 9.18. The van der Waals surface area contributed by atoms with E-state index in [1.165, 1.54) is 23.9 Å². The quantitative estimate of drug-likeness (QED) is 0.638. The fourth-order valence-electron chi connectivity index (χ4n) is 3.66. The molecule has 3 aromatic rings. The number of anilines is 2. The molecule has 1 amide bonds. The lowest BCUT2D eigenvalue weighted by atomic mass is 10.2. The minimum atomic E-state index is -0.198. The van der Waals surface area contributed by atoms with Gasteiger partial charge in [0.05, 0.1) is 5.56 Å². The smallest absolute Gasteiger partial charge is 0.257 e. The van der Waals surface area contributed by atoms with E-state index in [2.05, 4.69) is 46.3 Å². The van der Waals surface area contributed by atoms with Gasteiger partial charge in [0.2, 0.25) is 5.88 Å². The van der Waals surface area contributed by atoms with Gasteiger partial charge >= 0.3 is 0 Å². The van der Waals surface area contributed by atoms with Gasteiger partial charge in [-0.15, -0.1) is 0 Å². The van der Waals surface area contributed by atoms with Crippen molar-refractivity contribution < 1.29 is 9.53 Å². The Morgan fingerprint density at radius 2 is 1.81 bits per heavy atom. The Morgan fingerprint density at radius 1 is 1.06 bits per heavy atom. The number of amides is 1. The molecule has 0 bridgehead atoms. The maximum Gasteiger partial charge on any atom is 0.257 e. The van der Waals surface area contributed by atoms with Crippen molar-refractivity contribution in [2.45, 2.75) is 19.4 Å². The summed E-state index contributed by atoms with van der Waals surface area (Å²) >= 11 is 0. The highest BCUT2D eigenvalue weighted by atomic mass is 16.5. The number of pyridine rings is 1. The van der Waals surface area contributed by atoms with Gasteiger partial charge in [-0.25, -0.2) is 4.98 Å². The summed E-state index contributed by atoms with van der Waals surface area (Å²) in [5.41, 5.74) is 3.59. The summed E-state index contributed by atoms with van der Waals surface area (Å²) in [7, 11) is 4.26. The summed E-state index contributed by atoms with van der Waals surface area (Å²) in [6, 6.07) is 19.8. The summed E-state index contributed by atoms with van der Waals surface area (Å²) in [5.74, 6) is 0.965. The number of carbonyl (C=O) groups is 1. The van der Waals surface area contributed by atoms with Crippen molar-refractivity contribution in [1.29, 1.82) is 0 Å². The van der Waals surface area contributed by atoms with Crippen LogP contribution in [0.15, 0.2) is 66.9 Å². The van der Waals surface area contributed by atoms with Crippen molar-refractivity contribution in [3.8, 4) is 11.6 Å². The van der Waals surface area contributed by atoms with Crippen LogP contribution in [0, 0.1) is 6.92 Å². The standard InChI is InChI=1S/C25H28N4O2/c1-18-4-11-23(12-5-18)31-24-13-6-19(16-26-24)25(30)27-20-7-9-21(10-8-20)29-15-14-22(17-29)28(2)3/h4-13,16,22H,14-15,17H2,1-3H3,(H,27,30). The lowest BCUT2D eigenvalue weighted by Crippen LogP contribution is -2.31. The highest BCUT2D eigenvalue weighted by molar-refractivity contribution is 6.04. The van der Waals surface area contributed by atoms with E-state index in [9.17, 15) is 4.79 Å². The number of hydrogen-bond acceptors (Lipinski definition) is 5. The fraction of sp³-hybridized carbons (Fsp3) is 0.280. The average Bonchev–Trinajstić information content (AvgIpc) is 3.27. The average molecular weight is 417 g/mol. The van der Waals surface area contributed by atoms with E-state index < -0.39 is 0 Å². The molecule has 0 aliphatic carbocycles.